The first-order valence-electron chi connectivity index (χ1n) is 12.7. The Hall–Kier alpha value is -2.46. The largest absolute Gasteiger partial charge is 0.484 e. The van der Waals surface area contributed by atoms with Gasteiger partial charge >= 0.3 is 0 Å². The van der Waals surface area contributed by atoms with Crippen LogP contribution in [0.15, 0.2) is 24.3 Å². The number of hydrazine groups is 1. The van der Waals surface area contributed by atoms with Gasteiger partial charge in [-0.1, -0.05) is 13.8 Å². The molecule has 1 aromatic rings. The van der Waals surface area contributed by atoms with Crippen LogP contribution in [0.4, 0.5) is 0 Å². The molecule has 0 spiro atoms. The number of ether oxygens (including phenoxy) is 1. The number of benzene rings is 1. The monoisotopic (exact) mass is 519 g/mol. The zero-order valence-corrected chi connectivity index (χ0v) is 22.3. The van der Waals surface area contributed by atoms with Crippen molar-refractivity contribution in [2.75, 3.05) is 12.4 Å². The summed E-state index contributed by atoms with van der Waals surface area (Å²) in [6, 6.07) is 6.51. The smallest absolute Gasteiger partial charge is 0.266 e. The van der Waals surface area contributed by atoms with Gasteiger partial charge in [0.15, 0.2) is 6.61 Å². The third-order valence-corrected chi connectivity index (χ3v) is 10.1. The predicted octanol–water partition coefficient (Wildman–Crippen LogP) is 2.81. The number of carbonyl (C=O) groups is 3. The van der Waals surface area contributed by atoms with Gasteiger partial charge in [0, 0.05) is 29.5 Å². The van der Waals surface area contributed by atoms with E-state index in [1.165, 1.54) is 12.1 Å². The number of nitrogens with zero attached hydrogens (tertiary/aromatic N) is 1. The first-order chi connectivity index (χ1) is 16.9. The fourth-order valence-corrected chi connectivity index (χ4v) is 8.15. The maximum absolute atomic E-state index is 12.8. The minimum absolute atomic E-state index is 0.00118. The molecular weight excluding hydrogens is 482 g/mol. The highest BCUT2D eigenvalue weighted by molar-refractivity contribution is 7.89. The SMILES string of the molecule is C[C@@H]1CCC[C@@H](C)N1C(=O)COc1ccc(C(=O)NNS(=O)(=O)C[C@]23CC[C@H](CC2=O)C3(C)C)cc1. The van der Waals surface area contributed by atoms with Crippen molar-refractivity contribution in [3.8, 4) is 5.75 Å². The maximum Gasteiger partial charge on any atom is 0.266 e. The Balaban J connectivity index is 1.30. The van der Waals surface area contributed by atoms with Crippen molar-refractivity contribution in [2.24, 2.45) is 16.7 Å². The lowest BCUT2D eigenvalue weighted by atomic mass is 9.70. The van der Waals surface area contributed by atoms with Gasteiger partial charge in [-0.3, -0.25) is 19.8 Å². The van der Waals surface area contributed by atoms with Gasteiger partial charge < -0.3 is 9.64 Å². The molecule has 3 fully saturated rings. The molecule has 3 aliphatic rings. The minimum Gasteiger partial charge on any atom is -0.484 e. The van der Waals surface area contributed by atoms with E-state index in [2.05, 4.69) is 10.3 Å². The molecule has 2 saturated carbocycles. The van der Waals surface area contributed by atoms with Crippen LogP contribution < -0.4 is 15.0 Å². The number of hydrogen-bond acceptors (Lipinski definition) is 6. The molecule has 36 heavy (non-hydrogen) atoms. The average Bonchev–Trinajstić information content (AvgIpc) is 3.15. The molecular formula is C26H37N3O6S. The van der Waals surface area contributed by atoms with E-state index in [1.54, 1.807) is 12.1 Å². The molecule has 0 radical (unpaired) electrons. The van der Waals surface area contributed by atoms with Gasteiger partial charge in [0.05, 0.1) is 5.75 Å². The van der Waals surface area contributed by atoms with E-state index in [9.17, 15) is 22.8 Å². The lowest BCUT2D eigenvalue weighted by molar-refractivity contribution is -0.139. The van der Waals surface area contributed by atoms with Gasteiger partial charge in [-0.2, -0.15) is 0 Å². The van der Waals surface area contributed by atoms with Crippen molar-refractivity contribution >= 4 is 27.6 Å². The molecule has 1 saturated heterocycles. The number of amides is 2. The first kappa shape index (κ1) is 26.6. The highest BCUT2D eigenvalue weighted by atomic mass is 32.2. The molecule has 2 amide bonds. The van der Waals surface area contributed by atoms with Crippen molar-refractivity contribution in [3.05, 3.63) is 29.8 Å². The number of ketones is 1. The fraction of sp³-hybridized carbons (Fsp3) is 0.654. The summed E-state index contributed by atoms with van der Waals surface area (Å²) in [5.41, 5.74) is 1.18. The molecule has 198 valence electrons. The summed E-state index contributed by atoms with van der Waals surface area (Å²) in [5.74, 6) is -0.387. The Morgan fingerprint density at radius 3 is 2.28 bits per heavy atom. The van der Waals surface area contributed by atoms with Gasteiger partial charge in [0.25, 0.3) is 11.8 Å². The molecule has 0 unspecified atom stereocenters. The zero-order valence-electron chi connectivity index (χ0n) is 21.5. The predicted molar refractivity (Wildman–Crippen MR) is 135 cm³/mol. The number of sulfonamides is 1. The highest BCUT2D eigenvalue weighted by Crippen LogP contribution is 2.64. The maximum atomic E-state index is 12.8. The van der Waals surface area contributed by atoms with E-state index in [1.807, 2.05) is 32.6 Å². The quantitative estimate of drug-likeness (QED) is 0.510. The summed E-state index contributed by atoms with van der Waals surface area (Å²) < 4.78 is 31.2. The van der Waals surface area contributed by atoms with Gasteiger partial charge in [-0.05, 0) is 81.5 Å². The Morgan fingerprint density at radius 1 is 1.08 bits per heavy atom. The van der Waals surface area contributed by atoms with E-state index < -0.39 is 21.3 Å². The Kier molecular flexibility index (Phi) is 7.22. The van der Waals surface area contributed by atoms with Crippen molar-refractivity contribution in [2.45, 2.75) is 78.3 Å². The summed E-state index contributed by atoms with van der Waals surface area (Å²) in [5, 5.41) is 0. The summed E-state index contributed by atoms with van der Waals surface area (Å²) in [4.78, 5) is 41.8. The van der Waals surface area contributed by atoms with Crippen molar-refractivity contribution in [1.29, 1.82) is 0 Å². The number of Topliss-reactive ketones (excluding diaryl/α,β-unsaturated/α-hetero) is 1. The summed E-state index contributed by atoms with van der Waals surface area (Å²) >= 11 is 0. The zero-order chi connectivity index (χ0) is 26.3. The molecule has 4 rings (SSSR count). The van der Waals surface area contributed by atoms with Crippen LogP contribution in [-0.2, 0) is 19.6 Å². The van der Waals surface area contributed by atoms with E-state index >= 15 is 0 Å². The van der Waals surface area contributed by atoms with Crippen LogP contribution in [0.3, 0.4) is 0 Å². The molecule has 4 atom stereocenters. The third kappa shape index (κ3) is 4.89. The first-order valence-corrected chi connectivity index (χ1v) is 14.4. The second-order valence-corrected chi connectivity index (χ2v) is 12.9. The van der Waals surface area contributed by atoms with Crippen molar-refractivity contribution < 1.29 is 27.5 Å². The van der Waals surface area contributed by atoms with Crippen LogP contribution in [-0.4, -0.2) is 55.4 Å². The molecule has 9 nitrogen and oxygen atoms in total. The van der Waals surface area contributed by atoms with Gasteiger partial charge in [0.2, 0.25) is 10.0 Å². The second-order valence-electron chi connectivity index (χ2n) is 11.2. The van der Waals surface area contributed by atoms with Crippen LogP contribution in [0.25, 0.3) is 0 Å². The van der Waals surface area contributed by atoms with Crippen LogP contribution in [0.2, 0.25) is 0 Å². The van der Waals surface area contributed by atoms with Crippen LogP contribution >= 0.6 is 0 Å². The Labute approximate surface area is 213 Å². The number of hydrogen-bond donors (Lipinski definition) is 2. The highest BCUT2D eigenvalue weighted by Gasteiger charge is 2.65. The molecule has 1 aliphatic heterocycles. The fourth-order valence-electron chi connectivity index (χ4n) is 6.50. The molecule has 2 bridgehead atoms. The second kappa shape index (κ2) is 9.78. The van der Waals surface area contributed by atoms with Crippen LogP contribution in [0.5, 0.6) is 5.75 Å². The Morgan fingerprint density at radius 2 is 1.72 bits per heavy atom. The van der Waals surface area contributed by atoms with Crippen molar-refractivity contribution in [3.63, 3.8) is 0 Å². The number of likely N-dealkylation sites (tertiary alicyclic amines) is 1. The van der Waals surface area contributed by atoms with Gasteiger partial charge in [-0.25, -0.2) is 8.42 Å². The molecule has 1 aromatic carbocycles. The molecule has 0 aromatic heterocycles. The number of piperidine rings is 1. The van der Waals surface area contributed by atoms with E-state index in [4.69, 9.17) is 4.74 Å². The average molecular weight is 520 g/mol. The summed E-state index contributed by atoms with van der Waals surface area (Å²) in [6.07, 6.45) is 4.90. The topological polar surface area (TPSA) is 122 Å². The van der Waals surface area contributed by atoms with Gasteiger partial charge in [-0.15, -0.1) is 4.83 Å². The summed E-state index contributed by atoms with van der Waals surface area (Å²) in [7, 11) is -3.93. The minimum atomic E-state index is -3.93. The van der Waals surface area contributed by atoms with Crippen LogP contribution in [0, 0.1) is 16.7 Å². The normalized spacial score (nSPS) is 29.3. The molecule has 2 N–H and O–H groups in total. The lowest BCUT2D eigenvalue weighted by Gasteiger charge is -2.38. The van der Waals surface area contributed by atoms with E-state index in [-0.39, 0.29) is 53.0 Å². The number of carbonyl (C=O) groups excluding carboxylic acids is 3. The number of rotatable bonds is 8. The van der Waals surface area contributed by atoms with E-state index in [0.29, 0.717) is 18.6 Å². The molecule has 10 heteroatoms. The van der Waals surface area contributed by atoms with Crippen molar-refractivity contribution in [1.82, 2.24) is 15.2 Å². The molecule has 1 heterocycles. The lowest BCUT2D eigenvalue weighted by Crippen LogP contribution is -2.49. The van der Waals surface area contributed by atoms with E-state index in [0.717, 1.165) is 25.7 Å². The molecule has 2 aliphatic carbocycles. The van der Waals surface area contributed by atoms with Gasteiger partial charge in [0.1, 0.15) is 11.5 Å². The third-order valence-electron chi connectivity index (χ3n) is 8.86. The number of fused-ring (bicyclic) bond motifs is 2. The number of nitrogens with one attached hydrogen (secondary N) is 2. The standard InChI is InChI=1S/C26H37N3O6S/c1-17-6-5-7-18(2)29(17)23(31)15-35-21-10-8-19(9-11-21)24(32)27-28-36(33,34)16-26-13-12-20(14-22(26)30)25(26,3)4/h8-11,17-18,20,28H,5-7,12-16H2,1-4H3,(H,27,32)/t17-,18-,20-,26-/m1/s1. The Bertz CT molecular complexity index is 1120. The van der Waals surface area contributed by atoms with Crippen LogP contribution in [0.1, 0.15) is 76.6 Å². The summed E-state index contributed by atoms with van der Waals surface area (Å²) in [6.45, 7) is 7.94.